The SMILES string of the molecule is COc1ccccc1COCCCOc1ccc([C@@H]2[C@@H](OCCOS(=O)(=O)c3ccc(C)cc3)CN(C(=O)O)C[C@H]2O[SiH2]CCCS)cc1. The van der Waals surface area contributed by atoms with E-state index in [-0.39, 0.29) is 37.1 Å². The molecule has 1 N–H and O–H groups in total. The van der Waals surface area contributed by atoms with E-state index < -0.39 is 38.2 Å². The van der Waals surface area contributed by atoms with Crippen LogP contribution in [0.3, 0.4) is 0 Å². The van der Waals surface area contributed by atoms with Gasteiger partial charge in [0.05, 0.1) is 63.8 Å². The van der Waals surface area contributed by atoms with E-state index in [4.69, 9.17) is 27.6 Å². The van der Waals surface area contributed by atoms with E-state index in [1.807, 2.05) is 55.5 Å². The van der Waals surface area contributed by atoms with Crippen molar-refractivity contribution in [3.63, 3.8) is 0 Å². The maximum Gasteiger partial charge on any atom is 0.407 e. The van der Waals surface area contributed by atoms with Crippen LogP contribution in [0.5, 0.6) is 11.5 Å². The summed E-state index contributed by atoms with van der Waals surface area (Å²) in [7, 11) is -3.27. The molecule has 1 aliphatic heterocycles. The van der Waals surface area contributed by atoms with Gasteiger partial charge in [0.1, 0.15) is 11.5 Å². The fourth-order valence-corrected chi connectivity index (χ4v) is 8.35. The van der Waals surface area contributed by atoms with Crippen molar-refractivity contribution in [3.8, 4) is 11.5 Å². The van der Waals surface area contributed by atoms with Crippen LogP contribution in [-0.4, -0.2) is 98.9 Å². The Morgan fingerprint density at radius 2 is 1.67 bits per heavy atom. The lowest BCUT2D eigenvalue weighted by atomic mass is 9.84. The van der Waals surface area contributed by atoms with Crippen LogP contribution in [0.15, 0.2) is 77.7 Å². The second kappa shape index (κ2) is 19.9. The van der Waals surface area contributed by atoms with Crippen molar-refractivity contribution in [1.82, 2.24) is 4.90 Å². The summed E-state index contributed by atoms with van der Waals surface area (Å²) in [6.07, 6.45) is -0.446. The highest BCUT2D eigenvalue weighted by atomic mass is 32.2. The minimum Gasteiger partial charge on any atom is -0.496 e. The molecule has 11 nitrogen and oxygen atoms in total. The Kier molecular flexibility index (Phi) is 15.7. The molecule has 1 heterocycles. The van der Waals surface area contributed by atoms with Crippen LogP contribution >= 0.6 is 12.6 Å². The minimum atomic E-state index is -3.97. The van der Waals surface area contributed by atoms with E-state index in [2.05, 4.69) is 12.6 Å². The van der Waals surface area contributed by atoms with Crippen molar-refractivity contribution in [2.24, 2.45) is 0 Å². The van der Waals surface area contributed by atoms with Gasteiger partial charge in [-0.15, -0.1) is 0 Å². The summed E-state index contributed by atoms with van der Waals surface area (Å²) in [5.74, 6) is 1.97. The van der Waals surface area contributed by atoms with E-state index in [1.165, 1.54) is 17.0 Å². The first-order chi connectivity index (χ1) is 23.7. The number of rotatable bonds is 20. The first-order valence-corrected chi connectivity index (χ1v) is 20.0. The standard InChI is InChI=1S/C35H47NO10S2Si/c1-26-9-15-30(16-10-26)48(39,40)45-20-19-44-32-23-36(35(37)38)24-33(46-49-22-6-21-47)34(32)27-11-13-29(14-12-27)43-18-5-17-42-25-28-7-3-4-8-31(28)41-2/h3-4,7-16,32-34,47H,5-6,17-25,49H2,1-2H3,(H,37,38)/t32-,33+,34+/m0/s1. The zero-order valence-corrected chi connectivity index (χ0v) is 31.2. The molecule has 0 radical (unpaired) electrons. The normalized spacial score (nSPS) is 18.2. The Labute approximate surface area is 297 Å². The first-order valence-electron chi connectivity index (χ1n) is 16.4. The third kappa shape index (κ3) is 12.0. The lowest BCUT2D eigenvalue weighted by Crippen LogP contribution is -2.54. The average Bonchev–Trinajstić information content (AvgIpc) is 3.10. The smallest absolute Gasteiger partial charge is 0.407 e. The fraction of sp³-hybridized carbons (Fsp3) is 0.457. The zero-order valence-electron chi connectivity index (χ0n) is 28.1. The predicted octanol–water partition coefficient (Wildman–Crippen LogP) is 5.06. The van der Waals surface area contributed by atoms with Crippen molar-refractivity contribution in [2.75, 3.05) is 52.4 Å². The number of thiol groups is 1. The van der Waals surface area contributed by atoms with Gasteiger partial charge in [0, 0.05) is 24.4 Å². The van der Waals surface area contributed by atoms with Gasteiger partial charge < -0.3 is 33.4 Å². The lowest BCUT2D eigenvalue weighted by molar-refractivity contribution is -0.0575. The monoisotopic (exact) mass is 733 g/mol. The van der Waals surface area contributed by atoms with Gasteiger partial charge in [0.25, 0.3) is 10.1 Å². The molecule has 3 aromatic carbocycles. The Morgan fingerprint density at radius 3 is 2.39 bits per heavy atom. The van der Waals surface area contributed by atoms with E-state index in [0.29, 0.717) is 32.0 Å². The summed E-state index contributed by atoms with van der Waals surface area (Å²) < 4.78 is 60.3. The van der Waals surface area contributed by atoms with Crippen LogP contribution in [-0.2, 0) is 34.8 Å². The van der Waals surface area contributed by atoms with Crippen LogP contribution in [0.25, 0.3) is 0 Å². The van der Waals surface area contributed by atoms with E-state index in [0.717, 1.165) is 40.7 Å². The highest BCUT2D eigenvalue weighted by Crippen LogP contribution is 2.34. The number of ether oxygens (including phenoxy) is 4. The van der Waals surface area contributed by atoms with Crippen molar-refractivity contribution in [1.29, 1.82) is 0 Å². The van der Waals surface area contributed by atoms with Gasteiger partial charge >= 0.3 is 6.09 Å². The Hall–Kier alpha value is -3.11. The van der Waals surface area contributed by atoms with Crippen molar-refractivity contribution in [3.05, 3.63) is 89.5 Å². The summed E-state index contributed by atoms with van der Waals surface area (Å²) in [5.41, 5.74) is 2.85. The number of hydrogen-bond donors (Lipinski definition) is 2. The summed E-state index contributed by atoms with van der Waals surface area (Å²) in [5, 5.41) is 9.90. The van der Waals surface area contributed by atoms with Gasteiger partial charge in [0.2, 0.25) is 0 Å². The molecule has 0 bridgehead atoms. The Bertz CT molecular complexity index is 1540. The largest absolute Gasteiger partial charge is 0.496 e. The molecule has 268 valence electrons. The van der Waals surface area contributed by atoms with E-state index in [9.17, 15) is 18.3 Å². The average molecular weight is 734 g/mol. The van der Waals surface area contributed by atoms with Crippen LogP contribution in [0.4, 0.5) is 4.79 Å². The maximum absolute atomic E-state index is 12.7. The number of benzene rings is 3. The van der Waals surface area contributed by atoms with Crippen molar-refractivity contribution >= 4 is 38.6 Å². The molecular formula is C35H47NO10S2Si. The van der Waals surface area contributed by atoms with Crippen LogP contribution in [0, 0.1) is 6.92 Å². The molecule has 1 fully saturated rings. The fourth-order valence-electron chi connectivity index (χ4n) is 5.58. The molecule has 14 heteroatoms. The molecule has 49 heavy (non-hydrogen) atoms. The number of nitrogens with zero attached hydrogens (tertiary/aromatic N) is 1. The maximum atomic E-state index is 12.7. The quantitative estimate of drug-likeness (QED) is 0.0704. The highest BCUT2D eigenvalue weighted by molar-refractivity contribution is 7.86. The molecular weight excluding hydrogens is 687 g/mol. The van der Waals surface area contributed by atoms with Gasteiger partial charge in [-0.05, 0) is 61.0 Å². The Morgan fingerprint density at radius 1 is 0.939 bits per heavy atom. The van der Waals surface area contributed by atoms with Gasteiger partial charge in [-0.25, -0.2) is 4.79 Å². The first kappa shape index (κ1) is 38.7. The predicted molar refractivity (Wildman–Crippen MR) is 192 cm³/mol. The van der Waals surface area contributed by atoms with Crippen LogP contribution < -0.4 is 9.47 Å². The Balaban J connectivity index is 1.37. The number of piperidine rings is 1. The van der Waals surface area contributed by atoms with Crippen LogP contribution in [0.1, 0.15) is 35.4 Å². The number of methoxy groups -OCH3 is 1. The van der Waals surface area contributed by atoms with Gasteiger partial charge in [-0.1, -0.05) is 48.0 Å². The third-order valence-electron chi connectivity index (χ3n) is 8.14. The number of carboxylic acid groups (broad SMARTS) is 1. The molecule has 0 spiro atoms. The summed E-state index contributed by atoms with van der Waals surface area (Å²) in [4.78, 5) is 13.5. The topological polar surface area (TPSA) is 130 Å². The molecule has 0 aromatic heterocycles. The molecule has 3 atom stereocenters. The van der Waals surface area contributed by atoms with Crippen molar-refractivity contribution in [2.45, 2.75) is 55.4 Å². The number of hydrogen-bond acceptors (Lipinski definition) is 10. The summed E-state index contributed by atoms with van der Waals surface area (Å²) >= 11 is 4.30. The second-order valence-electron chi connectivity index (χ2n) is 11.7. The van der Waals surface area contributed by atoms with E-state index >= 15 is 0 Å². The van der Waals surface area contributed by atoms with E-state index in [1.54, 1.807) is 19.2 Å². The van der Waals surface area contributed by atoms with Gasteiger partial charge in [-0.2, -0.15) is 21.0 Å². The molecule has 1 amide bonds. The van der Waals surface area contributed by atoms with Crippen LogP contribution in [0.2, 0.25) is 6.04 Å². The number of aryl methyl sites for hydroxylation is 1. The molecule has 3 aromatic rings. The molecule has 0 unspecified atom stereocenters. The van der Waals surface area contributed by atoms with Crippen molar-refractivity contribution < 1.29 is 45.9 Å². The molecule has 4 rings (SSSR count). The molecule has 0 saturated carbocycles. The number of amides is 1. The number of carbonyl (C=O) groups is 1. The molecule has 1 aliphatic rings. The minimum absolute atomic E-state index is 0.0517. The number of likely N-dealkylation sites (tertiary alicyclic amines) is 1. The second-order valence-corrected chi connectivity index (χ2v) is 15.2. The number of para-hydroxylation sites is 1. The van der Waals surface area contributed by atoms with Gasteiger partial charge in [0.15, 0.2) is 9.76 Å². The molecule has 1 saturated heterocycles. The summed E-state index contributed by atoms with van der Waals surface area (Å²) in [6.45, 7) is 3.38. The summed E-state index contributed by atoms with van der Waals surface area (Å²) in [6, 6.07) is 22.8. The lowest BCUT2D eigenvalue weighted by Gasteiger charge is -2.43. The highest BCUT2D eigenvalue weighted by Gasteiger charge is 2.41. The molecule has 0 aliphatic carbocycles. The van der Waals surface area contributed by atoms with Gasteiger partial charge in [-0.3, -0.25) is 4.18 Å². The third-order valence-corrected chi connectivity index (χ3v) is 11.2. The zero-order chi connectivity index (χ0) is 35.1.